The summed E-state index contributed by atoms with van der Waals surface area (Å²) in [6, 6.07) is 4.75. The van der Waals surface area contributed by atoms with Crippen LogP contribution in [0.4, 0.5) is 0 Å². The molecule has 2 aromatic rings. The molecule has 0 amide bonds. The third-order valence-electron chi connectivity index (χ3n) is 2.97. The van der Waals surface area contributed by atoms with Gasteiger partial charge in [0.05, 0.1) is 10.0 Å². The lowest BCUT2D eigenvalue weighted by molar-refractivity contribution is 0.574. The van der Waals surface area contributed by atoms with Crippen LogP contribution in [0.2, 0.25) is 5.02 Å². The first kappa shape index (κ1) is 16.4. The second-order valence-corrected chi connectivity index (χ2v) is 7.66. The van der Waals surface area contributed by atoms with Crippen molar-refractivity contribution in [3.8, 4) is 0 Å². The number of hydrogen-bond acceptors (Lipinski definition) is 5. The van der Waals surface area contributed by atoms with Gasteiger partial charge in [0.1, 0.15) is 4.90 Å². The summed E-state index contributed by atoms with van der Waals surface area (Å²) < 4.78 is 27.3. The number of nitrogens with zero attached hydrogens (tertiary/aromatic N) is 1. The van der Waals surface area contributed by atoms with Crippen LogP contribution in [-0.2, 0) is 16.6 Å². The molecule has 2 rings (SSSR count). The second kappa shape index (κ2) is 6.85. The van der Waals surface area contributed by atoms with Gasteiger partial charge in [0.25, 0.3) is 0 Å². The van der Waals surface area contributed by atoms with E-state index in [0.717, 1.165) is 5.01 Å². The molecule has 1 heterocycles. The van der Waals surface area contributed by atoms with Crippen molar-refractivity contribution in [1.82, 2.24) is 9.71 Å². The summed E-state index contributed by atoms with van der Waals surface area (Å²) in [5, 5.41) is 2.93. The molecular weight excluding hydrogens is 330 g/mol. The second-order valence-electron chi connectivity index (χ2n) is 4.59. The highest BCUT2D eigenvalue weighted by atomic mass is 35.5. The number of sulfonamides is 1. The van der Waals surface area contributed by atoms with Gasteiger partial charge in [0.2, 0.25) is 10.0 Å². The molecule has 0 saturated heterocycles. The van der Waals surface area contributed by atoms with Crippen LogP contribution in [0.5, 0.6) is 0 Å². The minimum absolute atomic E-state index is 0.00348. The Kier molecular flexibility index (Phi) is 5.34. The largest absolute Gasteiger partial charge is 0.326 e. The van der Waals surface area contributed by atoms with Crippen LogP contribution in [-0.4, -0.2) is 19.9 Å². The van der Waals surface area contributed by atoms with Gasteiger partial charge in [-0.05, 0) is 17.7 Å². The van der Waals surface area contributed by atoms with Crippen molar-refractivity contribution in [2.75, 3.05) is 6.54 Å². The molecule has 1 atom stereocenters. The Balaban J connectivity index is 2.15. The normalized spacial score (nSPS) is 13.3. The Hall–Kier alpha value is -0.990. The lowest BCUT2D eigenvalue weighted by atomic mass is 10.2. The predicted molar refractivity (Wildman–Crippen MR) is 85.1 cm³/mol. The topological polar surface area (TPSA) is 85.1 Å². The van der Waals surface area contributed by atoms with Gasteiger partial charge in [-0.25, -0.2) is 18.1 Å². The zero-order valence-corrected chi connectivity index (χ0v) is 13.8. The van der Waals surface area contributed by atoms with Crippen LogP contribution >= 0.6 is 22.9 Å². The van der Waals surface area contributed by atoms with Crippen LogP contribution in [0.3, 0.4) is 0 Å². The van der Waals surface area contributed by atoms with Crippen molar-refractivity contribution in [2.45, 2.75) is 24.3 Å². The van der Waals surface area contributed by atoms with Gasteiger partial charge < -0.3 is 5.73 Å². The monoisotopic (exact) mass is 345 g/mol. The molecule has 0 bridgehead atoms. The van der Waals surface area contributed by atoms with Crippen molar-refractivity contribution < 1.29 is 8.42 Å². The number of rotatable bonds is 6. The Morgan fingerprint density at radius 3 is 2.86 bits per heavy atom. The van der Waals surface area contributed by atoms with Crippen LogP contribution < -0.4 is 10.5 Å². The molecular formula is C13H16ClN3O2S2. The molecule has 21 heavy (non-hydrogen) atoms. The lowest BCUT2D eigenvalue weighted by Gasteiger charge is -2.12. The molecule has 1 aromatic heterocycles. The average molecular weight is 346 g/mol. The number of nitrogens with one attached hydrogen (secondary N) is 1. The third-order valence-corrected chi connectivity index (χ3v) is 5.89. The van der Waals surface area contributed by atoms with Crippen molar-refractivity contribution >= 4 is 33.0 Å². The summed E-state index contributed by atoms with van der Waals surface area (Å²) in [6.07, 6.45) is 1.70. The molecule has 3 N–H and O–H groups in total. The molecule has 0 fully saturated rings. The summed E-state index contributed by atoms with van der Waals surface area (Å²) in [7, 11) is -3.67. The highest BCUT2D eigenvalue weighted by Crippen LogP contribution is 2.23. The number of aromatic nitrogens is 1. The van der Waals surface area contributed by atoms with Gasteiger partial charge in [-0.1, -0.05) is 24.6 Å². The van der Waals surface area contributed by atoms with Crippen molar-refractivity contribution in [1.29, 1.82) is 0 Å². The van der Waals surface area contributed by atoms with Crippen LogP contribution in [0.25, 0.3) is 0 Å². The van der Waals surface area contributed by atoms with Crippen LogP contribution in [0, 0.1) is 0 Å². The maximum atomic E-state index is 12.3. The van der Waals surface area contributed by atoms with E-state index in [-0.39, 0.29) is 28.9 Å². The summed E-state index contributed by atoms with van der Waals surface area (Å²) in [6.45, 7) is 2.44. The smallest absolute Gasteiger partial charge is 0.242 e. The SMILES string of the molecule is CC(CNS(=O)(=O)c1cc(CN)ccc1Cl)c1nccs1. The average Bonchev–Trinajstić information content (AvgIpc) is 2.99. The van der Waals surface area contributed by atoms with E-state index in [2.05, 4.69) is 9.71 Å². The quantitative estimate of drug-likeness (QED) is 0.841. The van der Waals surface area contributed by atoms with Crippen molar-refractivity contribution in [2.24, 2.45) is 5.73 Å². The standard InChI is InChI=1S/C13H16ClN3O2S2/c1-9(13-16-4-5-20-13)8-17-21(18,19)12-6-10(7-15)2-3-11(12)14/h2-6,9,17H,7-8,15H2,1H3. The minimum Gasteiger partial charge on any atom is -0.326 e. The zero-order chi connectivity index (χ0) is 15.5. The third kappa shape index (κ3) is 4.02. The first-order valence-corrected chi connectivity index (χ1v) is 9.05. The molecule has 5 nitrogen and oxygen atoms in total. The summed E-state index contributed by atoms with van der Waals surface area (Å²) in [5.41, 5.74) is 6.25. The number of benzene rings is 1. The van der Waals surface area contributed by atoms with Gasteiger partial charge in [0, 0.05) is 30.6 Å². The van der Waals surface area contributed by atoms with E-state index < -0.39 is 10.0 Å². The predicted octanol–water partition coefficient (Wildman–Crippen LogP) is 2.34. The van der Waals surface area contributed by atoms with Crippen LogP contribution in [0.1, 0.15) is 23.4 Å². The molecule has 1 aromatic carbocycles. The highest BCUT2D eigenvalue weighted by Gasteiger charge is 2.20. The van der Waals surface area contributed by atoms with E-state index in [4.69, 9.17) is 17.3 Å². The molecule has 0 spiro atoms. The van der Waals surface area contributed by atoms with Gasteiger partial charge >= 0.3 is 0 Å². The zero-order valence-electron chi connectivity index (χ0n) is 11.4. The first-order valence-electron chi connectivity index (χ1n) is 6.31. The molecule has 0 aliphatic carbocycles. The molecule has 8 heteroatoms. The van der Waals surface area contributed by atoms with Gasteiger partial charge in [-0.2, -0.15) is 0 Å². The maximum Gasteiger partial charge on any atom is 0.242 e. The van der Waals surface area contributed by atoms with Crippen molar-refractivity contribution in [3.05, 3.63) is 45.4 Å². The summed E-state index contributed by atoms with van der Waals surface area (Å²) >= 11 is 7.48. The Labute approximate surface area is 133 Å². The minimum atomic E-state index is -3.67. The van der Waals surface area contributed by atoms with Gasteiger partial charge in [0.15, 0.2) is 0 Å². The van der Waals surface area contributed by atoms with E-state index in [1.807, 2.05) is 12.3 Å². The number of halogens is 1. The molecule has 0 aliphatic heterocycles. The molecule has 0 saturated carbocycles. The maximum absolute atomic E-state index is 12.3. The van der Waals surface area contributed by atoms with Crippen LogP contribution in [0.15, 0.2) is 34.7 Å². The summed E-state index contributed by atoms with van der Waals surface area (Å²) in [4.78, 5) is 4.23. The van der Waals surface area contributed by atoms with E-state index in [9.17, 15) is 8.42 Å². The molecule has 114 valence electrons. The van der Waals surface area contributed by atoms with E-state index in [1.54, 1.807) is 18.3 Å². The molecule has 0 radical (unpaired) electrons. The summed E-state index contributed by atoms with van der Waals surface area (Å²) in [5.74, 6) is -0.00348. The van der Waals surface area contributed by atoms with E-state index in [0.29, 0.717) is 5.56 Å². The Morgan fingerprint density at radius 2 is 2.24 bits per heavy atom. The Bertz CT molecular complexity index is 702. The fourth-order valence-electron chi connectivity index (χ4n) is 1.76. The number of thiazole rings is 1. The first-order chi connectivity index (χ1) is 9.94. The fraction of sp³-hybridized carbons (Fsp3) is 0.308. The van der Waals surface area contributed by atoms with E-state index in [1.165, 1.54) is 17.4 Å². The molecule has 1 unspecified atom stereocenters. The number of nitrogens with two attached hydrogens (primary N) is 1. The number of hydrogen-bond donors (Lipinski definition) is 2. The van der Waals surface area contributed by atoms with Gasteiger partial charge in [-0.3, -0.25) is 0 Å². The van der Waals surface area contributed by atoms with E-state index >= 15 is 0 Å². The van der Waals surface area contributed by atoms with Gasteiger partial charge in [-0.15, -0.1) is 11.3 Å². The lowest BCUT2D eigenvalue weighted by Crippen LogP contribution is -2.28. The fourth-order valence-corrected chi connectivity index (χ4v) is 4.14. The van der Waals surface area contributed by atoms with Crippen molar-refractivity contribution in [3.63, 3.8) is 0 Å². The Morgan fingerprint density at radius 1 is 1.48 bits per heavy atom. The highest BCUT2D eigenvalue weighted by molar-refractivity contribution is 7.89. The molecule has 0 aliphatic rings.